The Kier molecular flexibility index (Phi) is 7.83. The third kappa shape index (κ3) is 5.77. The molecule has 37 heavy (non-hydrogen) atoms. The zero-order chi connectivity index (χ0) is 26.9. The van der Waals surface area contributed by atoms with Gasteiger partial charge in [-0.1, -0.05) is 67.5 Å². The number of nitrogens with zero attached hydrogens (tertiary/aromatic N) is 3. The predicted molar refractivity (Wildman–Crippen MR) is 140 cm³/mol. The normalized spacial score (nSPS) is 12.0. The second kappa shape index (κ2) is 10.7. The minimum Gasteiger partial charge on any atom is -0.324 e. The number of alkyl halides is 2. The number of nitrogens with one attached hydrogen (secondary N) is 1. The van der Waals surface area contributed by atoms with Crippen LogP contribution in [0.15, 0.2) is 64.6 Å². The first-order chi connectivity index (χ1) is 17.5. The first kappa shape index (κ1) is 27.0. The first-order valence-corrected chi connectivity index (χ1v) is 13.9. The van der Waals surface area contributed by atoms with Gasteiger partial charge in [-0.15, -0.1) is 10.2 Å². The maximum absolute atomic E-state index is 13.9. The van der Waals surface area contributed by atoms with Gasteiger partial charge in [-0.2, -0.15) is 0 Å². The van der Waals surface area contributed by atoms with E-state index in [1.807, 2.05) is 30.3 Å². The highest BCUT2D eigenvalue weighted by Crippen LogP contribution is 2.34. The van der Waals surface area contributed by atoms with Crippen LogP contribution in [0.5, 0.6) is 0 Å². The fourth-order valence-corrected chi connectivity index (χ4v) is 5.42. The Morgan fingerprint density at radius 1 is 1.11 bits per heavy atom. The van der Waals surface area contributed by atoms with Crippen LogP contribution in [-0.4, -0.2) is 34.8 Å². The molecule has 0 aliphatic rings. The quantitative estimate of drug-likeness (QED) is 0.272. The molecule has 4 rings (SSSR count). The number of nitrogens with two attached hydrogens (primary N) is 1. The molecular formula is C24H22ClF2N5O3S2. The summed E-state index contributed by atoms with van der Waals surface area (Å²) in [6.07, 6.45) is -2.89. The molecule has 0 saturated carbocycles. The number of hydrogen-bond donors (Lipinski definition) is 2. The standard InChI is InChI=1S/C24H22ClF2N5O3S2/c1-13(2)15-8-10-20(17-6-4-3-5-16(15)17)32-23(22(26)27)30-31-24(32)36-12-21(33)29-19-9-7-14(11-18(19)25)37(28,34)35/h3-11,13,22H,12H2,1-2H3,(H,29,33)(H2,28,34,35). The monoisotopic (exact) mass is 565 g/mol. The lowest BCUT2D eigenvalue weighted by Crippen LogP contribution is -2.16. The average molecular weight is 566 g/mol. The number of benzene rings is 3. The van der Waals surface area contributed by atoms with Crippen LogP contribution in [0.2, 0.25) is 5.02 Å². The highest BCUT2D eigenvalue weighted by atomic mass is 35.5. The molecule has 4 aromatic rings. The Labute approximate surface area is 221 Å². The van der Waals surface area contributed by atoms with E-state index in [0.29, 0.717) is 5.69 Å². The van der Waals surface area contributed by atoms with Gasteiger partial charge in [-0.05, 0) is 41.1 Å². The van der Waals surface area contributed by atoms with Gasteiger partial charge >= 0.3 is 0 Å². The van der Waals surface area contributed by atoms with Gasteiger partial charge in [0, 0.05) is 5.39 Å². The maximum Gasteiger partial charge on any atom is 0.297 e. The number of anilines is 1. The lowest BCUT2D eigenvalue weighted by molar-refractivity contribution is -0.113. The van der Waals surface area contributed by atoms with Crippen molar-refractivity contribution in [2.75, 3.05) is 11.1 Å². The van der Waals surface area contributed by atoms with Gasteiger partial charge in [0.1, 0.15) is 0 Å². The first-order valence-electron chi connectivity index (χ1n) is 11.0. The largest absolute Gasteiger partial charge is 0.324 e. The number of halogens is 3. The van der Waals surface area contributed by atoms with Gasteiger partial charge in [0.25, 0.3) is 6.43 Å². The van der Waals surface area contributed by atoms with E-state index in [9.17, 15) is 22.0 Å². The average Bonchev–Trinajstić information content (AvgIpc) is 3.26. The summed E-state index contributed by atoms with van der Waals surface area (Å²) in [5, 5.41) is 17.0. The van der Waals surface area contributed by atoms with E-state index >= 15 is 0 Å². The Bertz CT molecular complexity index is 1590. The molecular weight excluding hydrogens is 544 g/mol. The Morgan fingerprint density at radius 3 is 2.43 bits per heavy atom. The zero-order valence-corrected chi connectivity index (χ0v) is 22.0. The van der Waals surface area contributed by atoms with Crippen molar-refractivity contribution in [2.45, 2.75) is 36.2 Å². The van der Waals surface area contributed by atoms with Crippen molar-refractivity contribution in [1.82, 2.24) is 14.8 Å². The number of amides is 1. The van der Waals surface area contributed by atoms with E-state index in [2.05, 4.69) is 29.4 Å². The van der Waals surface area contributed by atoms with Gasteiger partial charge in [0.2, 0.25) is 21.8 Å². The Hall–Kier alpha value is -3.06. The zero-order valence-electron chi connectivity index (χ0n) is 19.7. The predicted octanol–water partition coefficient (Wildman–Crippen LogP) is 5.51. The number of aromatic nitrogens is 3. The van der Waals surface area contributed by atoms with E-state index in [1.54, 1.807) is 6.07 Å². The summed E-state index contributed by atoms with van der Waals surface area (Å²) in [5.74, 6) is -1.02. The third-order valence-electron chi connectivity index (χ3n) is 5.53. The number of hydrogen-bond acceptors (Lipinski definition) is 6. The Balaban J connectivity index is 1.63. The van der Waals surface area contributed by atoms with E-state index in [1.165, 1.54) is 16.7 Å². The molecule has 194 valence electrons. The fraction of sp³-hybridized carbons (Fsp3) is 0.208. The topological polar surface area (TPSA) is 120 Å². The number of carbonyl (C=O) groups is 1. The summed E-state index contributed by atoms with van der Waals surface area (Å²) in [6, 6.07) is 14.8. The lowest BCUT2D eigenvalue weighted by atomic mass is 9.95. The number of primary sulfonamides is 1. The molecule has 1 aromatic heterocycles. The molecule has 8 nitrogen and oxygen atoms in total. The molecule has 0 saturated heterocycles. The Morgan fingerprint density at radius 2 is 1.81 bits per heavy atom. The van der Waals surface area contributed by atoms with Crippen LogP contribution in [0.4, 0.5) is 14.5 Å². The SMILES string of the molecule is CC(C)c1ccc(-n2c(SCC(=O)Nc3ccc(S(N)(=O)=O)cc3Cl)nnc2C(F)F)c2ccccc12. The van der Waals surface area contributed by atoms with Crippen molar-refractivity contribution in [3.05, 3.63) is 71.0 Å². The highest BCUT2D eigenvalue weighted by Gasteiger charge is 2.24. The van der Waals surface area contributed by atoms with Gasteiger partial charge in [-0.3, -0.25) is 9.36 Å². The fourth-order valence-electron chi connectivity index (χ4n) is 3.84. The van der Waals surface area contributed by atoms with Crippen LogP contribution in [0, 0.1) is 0 Å². The summed E-state index contributed by atoms with van der Waals surface area (Å²) in [6.45, 7) is 4.11. The third-order valence-corrected chi connectivity index (χ3v) is 7.68. The number of thioether (sulfide) groups is 1. The van der Waals surface area contributed by atoms with Crippen molar-refractivity contribution in [1.29, 1.82) is 0 Å². The van der Waals surface area contributed by atoms with Crippen LogP contribution in [0.25, 0.3) is 16.5 Å². The summed E-state index contributed by atoms with van der Waals surface area (Å²) < 4.78 is 52.0. The smallest absolute Gasteiger partial charge is 0.297 e. The van der Waals surface area contributed by atoms with E-state index < -0.39 is 28.2 Å². The molecule has 0 aliphatic heterocycles. The van der Waals surface area contributed by atoms with E-state index in [-0.39, 0.29) is 32.4 Å². The number of carbonyl (C=O) groups excluding carboxylic acids is 1. The number of fused-ring (bicyclic) bond motifs is 1. The molecule has 0 fully saturated rings. The molecule has 3 aromatic carbocycles. The van der Waals surface area contributed by atoms with Crippen molar-refractivity contribution in [2.24, 2.45) is 5.14 Å². The minimum absolute atomic E-state index is 0.0234. The van der Waals surface area contributed by atoms with Crippen molar-refractivity contribution in [3.8, 4) is 5.69 Å². The van der Waals surface area contributed by atoms with E-state index in [4.69, 9.17) is 16.7 Å². The molecule has 1 heterocycles. The van der Waals surface area contributed by atoms with Crippen molar-refractivity contribution < 1.29 is 22.0 Å². The van der Waals surface area contributed by atoms with E-state index in [0.717, 1.165) is 34.2 Å². The highest BCUT2D eigenvalue weighted by molar-refractivity contribution is 7.99. The van der Waals surface area contributed by atoms with Gasteiger partial charge < -0.3 is 5.32 Å². The number of rotatable bonds is 8. The molecule has 0 aliphatic carbocycles. The van der Waals surface area contributed by atoms with Crippen LogP contribution in [0.1, 0.15) is 37.6 Å². The van der Waals surface area contributed by atoms with Crippen molar-refractivity contribution in [3.63, 3.8) is 0 Å². The van der Waals surface area contributed by atoms with Crippen LogP contribution >= 0.6 is 23.4 Å². The van der Waals surface area contributed by atoms with Gasteiger partial charge in [0.05, 0.1) is 27.0 Å². The summed E-state index contributed by atoms with van der Waals surface area (Å²) in [5.41, 5.74) is 1.72. The van der Waals surface area contributed by atoms with Gasteiger partial charge in [-0.25, -0.2) is 22.3 Å². The summed E-state index contributed by atoms with van der Waals surface area (Å²) >= 11 is 7.00. The molecule has 1 amide bonds. The molecule has 0 radical (unpaired) electrons. The minimum atomic E-state index is -3.96. The van der Waals surface area contributed by atoms with Crippen LogP contribution in [-0.2, 0) is 14.8 Å². The summed E-state index contributed by atoms with van der Waals surface area (Å²) in [7, 11) is -3.96. The van der Waals surface area contributed by atoms with Crippen LogP contribution < -0.4 is 10.5 Å². The maximum atomic E-state index is 13.9. The van der Waals surface area contributed by atoms with Crippen LogP contribution in [0.3, 0.4) is 0 Å². The molecule has 13 heteroatoms. The second-order valence-electron chi connectivity index (χ2n) is 8.37. The molecule has 0 unspecified atom stereocenters. The van der Waals surface area contributed by atoms with Gasteiger partial charge in [0.15, 0.2) is 5.16 Å². The lowest BCUT2D eigenvalue weighted by Gasteiger charge is -2.16. The summed E-state index contributed by atoms with van der Waals surface area (Å²) in [4.78, 5) is 12.4. The molecule has 3 N–H and O–H groups in total. The number of sulfonamides is 1. The molecule has 0 spiro atoms. The molecule has 0 bridgehead atoms. The van der Waals surface area contributed by atoms with Crippen molar-refractivity contribution >= 4 is 55.8 Å². The second-order valence-corrected chi connectivity index (χ2v) is 11.3. The molecule has 0 atom stereocenters.